The molecule has 0 spiro atoms. The van der Waals surface area contributed by atoms with Gasteiger partial charge < -0.3 is 9.67 Å². The van der Waals surface area contributed by atoms with Gasteiger partial charge in [-0.2, -0.15) is 0 Å². The molecule has 2 saturated carbocycles. The van der Waals surface area contributed by atoms with Crippen molar-refractivity contribution in [3.05, 3.63) is 23.7 Å². The Hall–Kier alpha value is -1.96. The topological polar surface area (TPSA) is 93.8 Å². The highest BCUT2D eigenvalue weighted by atomic mass is 32.2. The maximum atomic E-state index is 10.8. The molecule has 0 amide bonds. The van der Waals surface area contributed by atoms with Crippen LogP contribution in [0.2, 0.25) is 0 Å². The van der Waals surface area contributed by atoms with Crippen molar-refractivity contribution in [2.75, 3.05) is 0 Å². The fraction of sp³-hybridized carbons (Fsp3) is 0.462. The number of hydrogen-bond donors (Lipinski definition) is 1. The monoisotopic (exact) mass is 303 g/mol. The zero-order valence-electron chi connectivity index (χ0n) is 11.1. The van der Waals surface area contributed by atoms with Crippen LogP contribution in [0.15, 0.2) is 22.3 Å². The summed E-state index contributed by atoms with van der Waals surface area (Å²) < 4.78 is 2.23. The minimum Gasteiger partial charge on any atom is -0.476 e. The van der Waals surface area contributed by atoms with E-state index < -0.39 is 5.97 Å². The molecule has 108 valence electrons. The smallest absolute Gasteiger partial charge is 0.356 e. The first kappa shape index (κ1) is 12.8. The van der Waals surface area contributed by atoms with Gasteiger partial charge >= 0.3 is 5.97 Å². The van der Waals surface area contributed by atoms with Gasteiger partial charge in [0.2, 0.25) is 0 Å². The molecule has 2 heterocycles. The van der Waals surface area contributed by atoms with Gasteiger partial charge in [0.25, 0.3) is 0 Å². The maximum Gasteiger partial charge on any atom is 0.356 e. The molecule has 2 aromatic heterocycles. The van der Waals surface area contributed by atoms with Gasteiger partial charge in [0.1, 0.15) is 10.9 Å². The number of aromatic carboxylic acids is 1. The predicted molar refractivity (Wildman–Crippen MR) is 73.4 cm³/mol. The third kappa shape index (κ3) is 2.51. The van der Waals surface area contributed by atoms with Crippen molar-refractivity contribution >= 4 is 17.7 Å². The Balaban J connectivity index is 1.60. The molecule has 0 atom stereocenters. The summed E-state index contributed by atoms with van der Waals surface area (Å²) in [4.78, 5) is 10.8. The first-order chi connectivity index (χ1) is 10.2. The first-order valence-electron chi connectivity index (χ1n) is 6.92. The summed E-state index contributed by atoms with van der Waals surface area (Å²) in [6.07, 6.45) is 4.75. The van der Waals surface area contributed by atoms with E-state index in [2.05, 4.69) is 25.0 Å². The summed E-state index contributed by atoms with van der Waals surface area (Å²) in [5.41, 5.74) is -0.0540. The van der Waals surface area contributed by atoms with E-state index in [0.29, 0.717) is 17.0 Å². The van der Waals surface area contributed by atoms with Gasteiger partial charge in [-0.05, 0) is 49.6 Å². The van der Waals surface area contributed by atoms with Crippen molar-refractivity contribution in [2.45, 2.75) is 47.8 Å². The Morgan fingerprint density at radius 1 is 1.14 bits per heavy atom. The highest BCUT2D eigenvalue weighted by molar-refractivity contribution is 7.99. The molecule has 4 rings (SSSR count). The quantitative estimate of drug-likeness (QED) is 0.904. The molecule has 0 bridgehead atoms. The van der Waals surface area contributed by atoms with Crippen LogP contribution in [0.3, 0.4) is 0 Å². The average molecular weight is 303 g/mol. The van der Waals surface area contributed by atoms with Crippen LogP contribution >= 0.6 is 11.8 Å². The molecule has 0 aromatic carbocycles. The standard InChI is InChI=1S/C13H13N5O2S/c19-12(20)9-5-6-10(15-14-9)21-13-17-16-11(7-1-2-7)18(13)8-3-4-8/h5-8H,1-4H2,(H,19,20). The fourth-order valence-corrected chi connectivity index (χ4v) is 3.06. The third-order valence-electron chi connectivity index (χ3n) is 3.60. The summed E-state index contributed by atoms with van der Waals surface area (Å²) in [5.74, 6) is 0.583. The lowest BCUT2D eigenvalue weighted by molar-refractivity contribution is 0.0689. The van der Waals surface area contributed by atoms with Gasteiger partial charge in [0, 0.05) is 12.0 Å². The number of hydrogen-bond acceptors (Lipinski definition) is 6. The molecule has 0 aliphatic heterocycles. The number of rotatable bonds is 5. The zero-order chi connectivity index (χ0) is 14.4. The number of carbonyl (C=O) groups is 1. The Labute approximate surface area is 124 Å². The van der Waals surface area contributed by atoms with Crippen LogP contribution in [0, 0.1) is 0 Å². The van der Waals surface area contributed by atoms with Gasteiger partial charge in [0.05, 0.1) is 0 Å². The molecule has 2 aliphatic rings. The highest BCUT2D eigenvalue weighted by Gasteiger charge is 2.36. The summed E-state index contributed by atoms with van der Waals surface area (Å²) in [5, 5.41) is 26.5. The largest absolute Gasteiger partial charge is 0.476 e. The van der Waals surface area contributed by atoms with E-state index in [-0.39, 0.29) is 5.69 Å². The van der Waals surface area contributed by atoms with Gasteiger partial charge in [0.15, 0.2) is 10.9 Å². The van der Waals surface area contributed by atoms with Crippen molar-refractivity contribution in [1.29, 1.82) is 0 Å². The molecule has 2 fully saturated rings. The number of carboxylic acid groups (broad SMARTS) is 1. The van der Waals surface area contributed by atoms with Crippen LogP contribution in [-0.4, -0.2) is 36.0 Å². The van der Waals surface area contributed by atoms with Crippen molar-refractivity contribution in [3.63, 3.8) is 0 Å². The molecule has 2 aliphatic carbocycles. The van der Waals surface area contributed by atoms with Crippen LogP contribution in [0.4, 0.5) is 0 Å². The molecule has 0 saturated heterocycles. The summed E-state index contributed by atoms with van der Waals surface area (Å²) >= 11 is 1.39. The molecule has 8 heteroatoms. The molecule has 1 N–H and O–H groups in total. The van der Waals surface area contributed by atoms with Crippen LogP contribution in [0.5, 0.6) is 0 Å². The lowest BCUT2D eigenvalue weighted by Gasteiger charge is -2.07. The maximum absolute atomic E-state index is 10.8. The van der Waals surface area contributed by atoms with Crippen LogP contribution in [0.1, 0.15) is 54.0 Å². The lowest BCUT2D eigenvalue weighted by Crippen LogP contribution is -2.03. The molecule has 0 unspecified atom stereocenters. The van der Waals surface area contributed by atoms with Crippen molar-refractivity contribution in [3.8, 4) is 0 Å². The second-order valence-electron chi connectivity index (χ2n) is 5.38. The van der Waals surface area contributed by atoms with E-state index in [4.69, 9.17) is 5.11 Å². The predicted octanol–water partition coefficient (Wildman–Crippen LogP) is 2.13. The number of aromatic nitrogens is 5. The van der Waals surface area contributed by atoms with Crippen LogP contribution < -0.4 is 0 Å². The van der Waals surface area contributed by atoms with Gasteiger partial charge in [-0.25, -0.2) is 4.79 Å². The summed E-state index contributed by atoms with van der Waals surface area (Å²) in [6, 6.07) is 3.63. The van der Waals surface area contributed by atoms with Crippen molar-refractivity contribution < 1.29 is 9.90 Å². The van der Waals surface area contributed by atoms with Gasteiger partial charge in [-0.3, -0.25) is 0 Å². The molecule has 2 aromatic rings. The van der Waals surface area contributed by atoms with Gasteiger partial charge in [-0.1, -0.05) is 0 Å². The average Bonchev–Trinajstić information content (AvgIpc) is 3.39. The molecule has 0 radical (unpaired) electrons. The number of nitrogens with zero attached hydrogens (tertiary/aromatic N) is 5. The van der Waals surface area contributed by atoms with Crippen molar-refractivity contribution in [1.82, 2.24) is 25.0 Å². The van der Waals surface area contributed by atoms with Gasteiger partial charge in [-0.15, -0.1) is 20.4 Å². The molecule has 7 nitrogen and oxygen atoms in total. The second kappa shape index (κ2) is 4.80. The van der Waals surface area contributed by atoms with Crippen molar-refractivity contribution in [2.24, 2.45) is 0 Å². The molecular formula is C13H13N5O2S. The van der Waals surface area contributed by atoms with E-state index >= 15 is 0 Å². The minimum atomic E-state index is -1.07. The normalized spacial score (nSPS) is 17.9. The SMILES string of the molecule is O=C(O)c1ccc(Sc2nnc(C3CC3)n2C2CC2)nn1. The Morgan fingerprint density at radius 3 is 2.52 bits per heavy atom. The highest BCUT2D eigenvalue weighted by Crippen LogP contribution is 2.46. The fourth-order valence-electron chi connectivity index (χ4n) is 2.24. The molecular weight excluding hydrogens is 290 g/mol. The van der Waals surface area contributed by atoms with Crippen LogP contribution in [0.25, 0.3) is 0 Å². The third-order valence-corrected chi connectivity index (χ3v) is 4.49. The van der Waals surface area contributed by atoms with E-state index in [0.717, 1.165) is 11.0 Å². The number of carboxylic acids is 1. The molecule has 21 heavy (non-hydrogen) atoms. The van der Waals surface area contributed by atoms with E-state index in [1.165, 1.54) is 43.5 Å². The Kier molecular flexibility index (Phi) is 2.91. The Morgan fingerprint density at radius 2 is 1.95 bits per heavy atom. The van der Waals surface area contributed by atoms with E-state index in [1.807, 2.05) is 0 Å². The summed E-state index contributed by atoms with van der Waals surface area (Å²) in [7, 11) is 0. The zero-order valence-corrected chi connectivity index (χ0v) is 12.0. The minimum absolute atomic E-state index is 0.0540. The van der Waals surface area contributed by atoms with Crippen LogP contribution in [-0.2, 0) is 0 Å². The second-order valence-corrected chi connectivity index (χ2v) is 6.37. The summed E-state index contributed by atoms with van der Waals surface area (Å²) in [6.45, 7) is 0. The lowest BCUT2D eigenvalue weighted by atomic mass is 10.4. The van der Waals surface area contributed by atoms with E-state index in [1.54, 1.807) is 6.07 Å². The Bertz CT molecular complexity index is 691. The first-order valence-corrected chi connectivity index (χ1v) is 7.73. The van der Waals surface area contributed by atoms with E-state index in [9.17, 15) is 4.79 Å².